The van der Waals surface area contributed by atoms with Gasteiger partial charge < -0.3 is 0 Å². The molecule has 0 radical (unpaired) electrons. The van der Waals surface area contributed by atoms with Crippen molar-refractivity contribution in [3.63, 3.8) is 0 Å². The Labute approximate surface area is 124 Å². The normalized spacial score (nSPS) is 11.7. The molecular formula is C11H4BrCl2F3N2. The summed E-state index contributed by atoms with van der Waals surface area (Å²) in [7, 11) is 0. The van der Waals surface area contributed by atoms with Crippen LogP contribution in [-0.2, 0) is 6.18 Å². The van der Waals surface area contributed by atoms with Gasteiger partial charge in [-0.15, -0.1) is 0 Å². The van der Waals surface area contributed by atoms with Crippen LogP contribution in [0.3, 0.4) is 0 Å². The van der Waals surface area contributed by atoms with Gasteiger partial charge in [-0.3, -0.25) is 0 Å². The first-order chi connectivity index (χ1) is 8.79. The zero-order chi connectivity index (χ0) is 14.2. The zero-order valence-corrected chi connectivity index (χ0v) is 12.1. The smallest absolute Gasteiger partial charge is 0.215 e. The Morgan fingerprint density at radius 3 is 2.16 bits per heavy atom. The van der Waals surface area contributed by atoms with Crippen LogP contribution in [0.5, 0.6) is 0 Å². The Morgan fingerprint density at radius 1 is 1.05 bits per heavy atom. The molecule has 0 saturated carbocycles. The van der Waals surface area contributed by atoms with Crippen molar-refractivity contribution in [2.24, 2.45) is 0 Å². The Bertz CT molecular complexity index is 609. The maximum Gasteiger partial charge on any atom is 0.416 e. The highest BCUT2D eigenvalue weighted by molar-refractivity contribution is 9.10. The van der Waals surface area contributed by atoms with Gasteiger partial charge in [-0.2, -0.15) is 13.2 Å². The summed E-state index contributed by atoms with van der Waals surface area (Å²) in [4.78, 5) is 7.77. The maximum atomic E-state index is 12.6. The first-order valence-electron chi connectivity index (χ1n) is 4.85. The molecule has 0 amide bonds. The largest absolute Gasteiger partial charge is 0.416 e. The molecule has 0 aliphatic heterocycles. The molecule has 2 nitrogen and oxygen atoms in total. The van der Waals surface area contributed by atoms with E-state index in [9.17, 15) is 13.2 Å². The third-order valence-electron chi connectivity index (χ3n) is 2.22. The van der Waals surface area contributed by atoms with Gasteiger partial charge in [0.25, 0.3) is 0 Å². The van der Waals surface area contributed by atoms with Crippen LogP contribution < -0.4 is 0 Å². The molecule has 0 bridgehead atoms. The molecule has 100 valence electrons. The lowest BCUT2D eigenvalue weighted by molar-refractivity contribution is -0.137. The second kappa shape index (κ2) is 5.26. The summed E-state index contributed by atoms with van der Waals surface area (Å²) in [6, 6.07) is 4.62. The van der Waals surface area contributed by atoms with Crippen LogP contribution in [-0.4, -0.2) is 9.97 Å². The molecule has 0 spiro atoms. The second-order valence-corrected chi connectivity index (χ2v) is 5.03. The van der Waals surface area contributed by atoms with Crippen molar-refractivity contribution in [3.05, 3.63) is 44.6 Å². The number of hydrogen-bond donors (Lipinski definition) is 0. The minimum atomic E-state index is -4.43. The molecule has 2 rings (SSSR count). The SMILES string of the molecule is FC(F)(F)c1cccc(-c2nc(Cl)c(Br)c(Cl)n2)c1. The Morgan fingerprint density at radius 2 is 1.63 bits per heavy atom. The molecule has 0 unspecified atom stereocenters. The van der Waals surface area contributed by atoms with E-state index in [2.05, 4.69) is 25.9 Å². The van der Waals surface area contributed by atoms with Gasteiger partial charge in [0.15, 0.2) is 5.82 Å². The lowest BCUT2D eigenvalue weighted by Crippen LogP contribution is -2.05. The van der Waals surface area contributed by atoms with Crippen molar-refractivity contribution >= 4 is 39.1 Å². The third kappa shape index (κ3) is 3.19. The van der Waals surface area contributed by atoms with E-state index in [0.29, 0.717) is 4.47 Å². The maximum absolute atomic E-state index is 12.6. The molecule has 0 aliphatic carbocycles. The molecule has 1 heterocycles. The fourth-order valence-electron chi connectivity index (χ4n) is 1.36. The number of rotatable bonds is 1. The van der Waals surface area contributed by atoms with E-state index in [-0.39, 0.29) is 21.7 Å². The minimum absolute atomic E-state index is 0.0318. The van der Waals surface area contributed by atoms with E-state index in [1.165, 1.54) is 12.1 Å². The van der Waals surface area contributed by atoms with Gasteiger partial charge in [0.2, 0.25) is 0 Å². The lowest BCUT2D eigenvalue weighted by atomic mass is 10.1. The van der Waals surface area contributed by atoms with Gasteiger partial charge in [0.1, 0.15) is 10.3 Å². The van der Waals surface area contributed by atoms with Gasteiger partial charge in [-0.25, -0.2) is 9.97 Å². The summed E-state index contributed by atoms with van der Waals surface area (Å²) in [5, 5.41) is 0.0693. The van der Waals surface area contributed by atoms with Crippen molar-refractivity contribution in [3.8, 4) is 11.4 Å². The van der Waals surface area contributed by atoms with Crippen LogP contribution in [0.1, 0.15) is 5.56 Å². The zero-order valence-electron chi connectivity index (χ0n) is 8.97. The van der Waals surface area contributed by atoms with Crippen molar-refractivity contribution in [1.82, 2.24) is 9.97 Å². The van der Waals surface area contributed by atoms with Gasteiger partial charge in [-0.05, 0) is 28.1 Å². The first-order valence-corrected chi connectivity index (χ1v) is 6.40. The Balaban J connectivity index is 2.54. The highest BCUT2D eigenvalue weighted by atomic mass is 79.9. The van der Waals surface area contributed by atoms with Gasteiger partial charge in [-0.1, -0.05) is 35.3 Å². The monoisotopic (exact) mass is 370 g/mol. The fraction of sp³-hybridized carbons (Fsp3) is 0.0909. The van der Waals surface area contributed by atoms with E-state index in [4.69, 9.17) is 23.2 Å². The fourth-order valence-corrected chi connectivity index (χ4v) is 1.92. The molecule has 1 aromatic carbocycles. The minimum Gasteiger partial charge on any atom is -0.215 e. The summed E-state index contributed by atoms with van der Waals surface area (Å²) in [6.07, 6.45) is -4.43. The van der Waals surface area contributed by atoms with Crippen LogP contribution in [0.2, 0.25) is 10.3 Å². The summed E-state index contributed by atoms with van der Waals surface area (Å²) in [6.45, 7) is 0. The predicted molar refractivity (Wildman–Crippen MR) is 70.2 cm³/mol. The van der Waals surface area contributed by atoms with Crippen LogP contribution in [0.25, 0.3) is 11.4 Å². The number of aromatic nitrogens is 2. The third-order valence-corrected chi connectivity index (χ3v) is 3.97. The van der Waals surface area contributed by atoms with Crippen LogP contribution in [0.15, 0.2) is 28.7 Å². The molecule has 8 heteroatoms. The highest BCUT2D eigenvalue weighted by Gasteiger charge is 2.30. The van der Waals surface area contributed by atoms with Gasteiger partial charge in [0, 0.05) is 5.56 Å². The molecule has 0 aliphatic rings. The molecule has 0 fully saturated rings. The quantitative estimate of drug-likeness (QED) is 0.641. The van der Waals surface area contributed by atoms with Crippen LogP contribution >= 0.6 is 39.1 Å². The molecule has 0 saturated heterocycles. The lowest BCUT2D eigenvalue weighted by Gasteiger charge is -2.08. The molecule has 0 N–H and O–H groups in total. The van der Waals surface area contributed by atoms with Crippen LogP contribution in [0.4, 0.5) is 13.2 Å². The first kappa shape index (κ1) is 14.6. The number of nitrogens with zero attached hydrogens (tertiary/aromatic N) is 2. The van der Waals surface area contributed by atoms with E-state index >= 15 is 0 Å². The van der Waals surface area contributed by atoms with Crippen molar-refractivity contribution < 1.29 is 13.2 Å². The molecule has 2 aromatic rings. The van der Waals surface area contributed by atoms with E-state index in [1.54, 1.807) is 0 Å². The molecule has 0 atom stereocenters. The van der Waals surface area contributed by atoms with E-state index < -0.39 is 11.7 Å². The van der Waals surface area contributed by atoms with E-state index in [0.717, 1.165) is 12.1 Å². The average molecular weight is 372 g/mol. The molecular weight excluding hydrogens is 368 g/mol. The molecule has 19 heavy (non-hydrogen) atoms. The van der Waals surface area contributed by atoms with Gasteiger partial charge in [0.05, 0.1) is 10.0 Å². The number of benzene rings is 1. The summed E-state index contributed by atoms with van der Waals surface area (Å²) >= 11 is 14.7. The summed E-state index contributed by atoms with van der Waals surface area (Å²) in [5.74, 6) is 0.0318. The standard InChI is InChI=1S/C11H4BrCl2F3N2/c12-7-8(13)18-10(19-9(7)14)5-2-1-3-6(4-5)11(15,16)17/h1-4H. The van der Waals surface area contributed by atoms with E-state index in [1.807, 2.05) is 0 Å². The van der Waals surface area contributed by atoms with Crippen LogP contribution in [0, 0.1) is 0 Å². The molecule has 1 aromatic heterocycles. The Hall–Kier alpha value is -0.850. The second-order valence-electron chi connectivity index (χ2n) is 3.52. The Kier molecular flexibility index (Phi) is 4.03. The number of alkyl halides is 3. The van der Waals surface area contributed by atoms with Crippen molar-refractivity contribution in [1.29, 1.82) is 0 Å². The van der Waals surface area contributed by atoms with Gasteiger partial charge >= 0.3 is 6.18 Å². The van der Waals surface area contributed by atoms with Crippen molar-refractivity contribution in [2.75, 3.05) is 0 Å². The average Bonchev–Trinajstić information content (AvgIpc) is 2.34. The summed E-state index contributed by atoms with van der Waals surface area (Å²) < 4.78 is 38.1. The number of halogens is 6. The summed E-state index contributed by atoms with van der Waals surface area (Å²) in [5.41, 5.74) is -0.602. The van der Waals surface area contributed by atoms with Crippen molar-refractivity contribution in [2.45, 2.75) is 6.18 Å². The predicted octanol–water partition coefficient (Wildman–Crippen LogP) is 5.23. The number of hydrogen-bond acceptors (Lipinski definition) is 2. The highest BCUT2D eigenvalue weighted by Crippen LogP contribution is 2.33. The topological polar surface area (TPSA) is 25.8 Å².